The van der Waals surface area contributed by atoms with Gasteiger partial charge in [-0.2, -0.15) is 0 Å². The number of hydrogen-bond acceptors (Lipinski definition) is 5. The van der Waals surface area contributed by atoms with E-state index in [0.29, 0.717) is 36.1 Å². The fraction of sp³-hybridized carbons (Fsp3) is 0.435. The van der Waals surface area contributed by atoms with Gasteiger partial charge in [-0.1, -0.05) is 23.7 Å². The first kappa shape index (κ1) is 21.6. The minimum atomic E-state index is -0.253. The maximum absolute atomic E-state index is 12.5. The van der Waals surface area contributed by atoms with Crippen LogP contribution in [0.3, 0.4) is 0 Å². The summed E-state index contributed by atoms with van der Waals surface area (Å²) < 4.78 is 5.43. The number of nitrogens with one attached hydrogen (secondary N) is 3. The highest BCUT2D eigenvalue weighted by Gasteiger charge is 2.25. The Labute approximate surface area is 186 Å². The van der Waals surface area contributed by atoms with E-state index in [4.69, 9.17) is 16.3 Å². The van der Waals surface area contributed by atoms with Crippen molar-refractivity contribution in [3.63, 3.8) is 0 Å². The molecule has 2 aliphatic heterocycles. The van der Waals surface area contributed by atoms with Crippen LogP contribution in [0.1, 0.15) is 25.7 Å². The molecule has 1 aromatic heterocycles. The molecule has 2 aliphatic rings. The molecule has 2 aromatic rings. The molecule has 2 amide bonds. The molecule has 8 heteroatoms. The SMILES string of the molecule is O=C1CC[C@@H](C(=O)Nc2cc(-c3cccc(NCC4CCOCC4)c3)c(Cl)cn2)CN1. The fourth-order valence-electron chi connectivity index (χ4n) is 3.92. The second-order valence-electron chi connectivity index (χ2n) is 8.10. The number of piperidine rings is 1. The highest BCUT2D eigenvalue weighted by atomic mass is 35.5. The van der Waals surface area contributed by atoms with Crippen molar-refractivity contribution in [2.75, 3.05) is 36.9 Å². The summed E-state index contributed by atoms with van der Waals surface area (Å²) in [6.45, 7) is 2.93. The van der Waals surface area contributed by atoms with Gasteiger partial charge in [0.2, 0.25) is 11.8 Å². The van der Waals surface area contributed by atoms with Crippen LogP contribution >= 0.6 is 11.6 Å². The van der Waals surface area contributed by atoms with E-state index in [1.165, 1.54) is 0 Å². The number of carbonyl (C=O) groups is 2. The molecule has 0 unspecified atom stereocenters. The topological polar surface area (TPSA) is 92.4 Å². The average molecular weight is 443 g/mol. The van der Waals surface area contributed by atoms with Crippen molar-refractivity contribution in [3.05, 3.63) is 41.6 Å². The molecule has 3 N–H and O–H groups in total. The first-order valence-corrected chi connectivity index (χ1v) is 11.1. The predicted octanol–water partition coefficient (Wildman–Crippen LogP) is 3.71. The summed E-state index contributed by atoms with van der Waals surface area (Å²) in [7, 11) is 0. The normalized spacial score (nSPS) is 19.5. The molecule has 3 heterocycles. The summed E-state index contributed by atoms with van der Waals surface area (Å²) in [4.78, 5) is 28.1. The number of amides is 2. The lowest BCUT2D eigenvalue weighted by Crippen LogP contribution is -2.40. The van der Waals surface area contributed by atoms with Crippen molar-refractivity contribution >= 4 is 34.9 Å². The molecule has 0 bridgehead atoms. The van der Waals surface area contributed by atoms with E-state index in [1.807, 2.05) is 18.2 Å². The van der Waals surface area contributed by atoms with Crippen LogP contribution < -0.4 is 16.0 Å². The maximum atomic E-state index is 12.5. The third-order valence-electron chi connectivity index (χ3n) is 5.85. The van der Waals surface area contributed by atoms with Crippen LogP contribution in [0.5, 0.6) is 0 Å². The second-order valence-corrected chi connectivity index (χ2v) is 8.50. The summed E-state index contributed by atoms with van der Waals surface area (Å²) >= 11 is 6.43. The molecule has 0 radical (unpaired) electrons. The Balaban J connectivity index is 1.44. The van der Waals surface area contributed by atoms with Crippen LogP contribution in [0.2, 0.25) is 5.02 Å². The molecule has 31 heavy (non-hydrogen) atoms. The van der Waals surface area contributed by atoms with Crippen LogP contribution in [-0.2, 0) is 14.3 Å². The number of anilines is 2. The summed E-state index contributed by atoms with van der Waals surface area (Å²) in [5.41, 5.74) is 2.78. The van der Waals surface area contributed by atoms with Gasteiger partial charge in [-0.25, -0.2) is 4.98 Å². The first-order valence-electron chi connectivity index (χ1n) is 10.7. The van der Waals surface area contributed by atoms with Crippen LogP contribution in [0.15, 0.2) is 36.5 Å². The zero-order valence-electron chi connectivity index (χ0n) is 17.3. The number of aromatic nitrogens is 1. The Morgan fingerprint density at radius 2 is 2.06 bits per heavy atom. The predicted molar refractivity (Wildman–Crippen MR) is 121 cm³/mol. The Bertz CT molecular complexity index is 936. The third-order valence-corrected chi connectivity index (χ3v) is 6.15. The molecular formula is C23H27ClN4O3. The van der Waals surface area contributed by atoms with Crippen molar-refractivity contribution in [1.29, 1.82) is 0 Å². The summed E-state index contributed by atoms with van der Waals surface area (Å²) in [6, 6.07) is 9.87. The minimum absolute atomic E-state index is 0.0127. The van der Waals surface area contributed by atoms with Gasteiger partial charge in [0.15, 0.2) is 0 Å². The number of nitrogens with zero attached hydrogens (tertiary/aromatic N) is 1. The zero-order chi connectivity index (χ0) is 21.6. The van der Waals surface area contributed by atoms with Crippen molar-refractivity contribution in [2.45, 2.75) is 25.7 Å². The quantitative estimate of drug-likeness (QED) is 0.634. The molecule has 164 valence electrons. The zero-order valence-corrected chi connectivity index (χ0v) is 18.1. The molecule has 7 nitrogen and oxygen atoms in total. The molecule has 2 saturated heterocycles. The lowest BCUT2D eigenvalue weighted by Gasteiger charge is -2.23. The van der Waals surface area contributed by atoms with Gasteiger partial charge in [-0.15, -0.1) is 0 Å². The van der Waals surface area contributed by atoms with Gasteiger partial charge in [0.1, 0.15) is 5.82 Å². The highest BCUT2D eigenvalue weighted by Crippen LogP contribution is 2.31. The van der Waals surface area contributed by atoms with E-state index in [2.05, 4.69) is 27.0 Å². The Morgan fingerprint density at radius 3 is 2.84 bits per heavy atom. The van der Waals surface area contributed by atoms with Crippen molar-refractivity contribution in [2.24, 2.45) is 11.8 Å². The standard InChI is InChI=1S/C23H27ClN4O3/c24-20-14-26-21(28-23(30)17-4-5-22(29)27-13-17)11-19(20)16-2-1-3-18(10-16)25-12-15-6-8-31-9-7-15/h1-3,10-11,14-15,17,25H,4-9,12-13H2,(H,27,29)(H,26,28,30)/t17-/m1/s1. The van der Waals surface area contributed by atoms with Crippen LogP contribution in [0.25, 0.3) is 11.1 Å². The summed E-state index contributed by atoms with van der Waals surface area (Å²) in [5, 5.41) is 9.63. The van der Waals surface area contributed by atoms with Crippen LogP contribution in [0.4, 0.5) is 11.5 Å². The van der Waals surface area contributed by atoms with Crippen LogP contribution in [0, 0.1) is 11.8 Å². The number of halogens is 1. The number of hydrogen-bond donors (Lipinski definition) is 3. The van der Waals surface area contributed by atoms with E-state index in [0.717, 1.165) is 49.4 Å². The van der Waals surface area contributed by atoms with Gasteiger partial charge in [0, 0.05) is 50.2 Å². The first-order chi connectivity index (χ1) is 15.1. The Morgan fingerprint density at radius 1 is 1.23 bits per heavy atom. The molecule has 0 spiro atoms. The molecule has 0 saturated carbocycles. The van der Waals surface area contributed by atoms with E-state index in [-0.39, 0.29) is 17.7 Å². The summed E-state index contributed by atoms with van der Waals surface area (Å²) in [5.74, 6) is 0.653. The third kappa shape index (κ3) is 5.74. The number of ether oxygens (including phenoxy) is 1. The highest BCUT2D eigenvalue weighted by molar-refractivity contribution is 6.33. The largest absolute Gasteiger partial charge is 0.385 e. The van der Waals surface area contributed by atoms with Gasteiger partial charge in [-0.05, 0) is 48.9 Å². The van der Waals surface area contributed by atoms with Gasteiger partial charge in [-0.3, -0.25) is 9.59 Å². The number of pyridine rings is 1. The van der Waals surface area contributed by atoms with Gasteiger partial charge >= 0.3 is 0 Å². The maximum Gasteiger partial charge on any atom is 0.230 e. The fourth-order valence-corrected chi connectivity index (χ4v) is 4.14. The number of carbonyl (C=O) groups excluding carboxylic acids is 2. The van der Waals surface area contributed by atoms with E-state index in [9.17, 15) is 9.59 Å². The summed E-state index contributed by atoms with van der Waals surface area (Å²) in [6.07, 6.45) is 4.62. The number of rotatable bonds is 6. The lowest BCUT2D eigenvalue weighted by molar-refractivity contribution is -0.126. The Kier molecular flexibility index (Phi) is 7.04. The molecular weight excluding hydrogens is 416 g/mol. The second kappa shape index (κ2) is 10.1. The van der Waals surface area contributed by atoms with Gasteiger partial charge in [0.05, 0.1) is 10.9 Å². The molecule has 4 rings (SSSR count). The molecule has 1 aromatic carbocycles. The molecule has 2 fully saturated rings. The number of benzene rings is 1. The smallest absolute Gasteiger partial charge is 0.230 e. The molecule has 0 aliphatic carbocycles. The van der Waals surface area contributed by atoms with E-state index >= 15 is 0 Å². The van der Waals surface area contributed by atoms with Gasteiger partial charge < -0.3 is 20.7 Å². The van der Waals surface area contributed by atoms with Crippen molar-refractivity contribution in [3.8, 4) is 11.1 Å². The van der Waals surface area contributed by atoms with Crippen molar-refractivity contribution in [1.82, 2.24) is 10.3 Å². The average Bonchev–Trinajstić information content (AvgIpc) is 2.80. The minimum Gasteiger partial charge on any atom is -0.385 e. The van der Waals surface area contributed by atoms with Gasteiger partial charge in [0.25, 0.3) is 0 Å². The van der Waals surface area contributed by atoms with Crippen molar-refractivity contribution < 1.29 is 14.3 Å². The van der Waals surface area contributed by atoms with E-state index in [1.54, 1.807) is 12.3 Å². The Hall–Kier alpha value is -2.64. The van der Waals surface area contributed by atoms with E-state index < -0.39 is 0 Å². The lowest BCUT2D eigenvalue weighted by atomic mass is 9.98. The van der Waals surface area contributed by atoms with Crippen LogP contribution in [-0.4, -0.2) is 43.1 Å². The molecule has 1 atom stereocenters. The monoisotopic (exact) mass is 442 g/mol.